The maximum Gasteiger partial charge on any atom is 0.255 e. The summed E-state index contributed by atoms with van der Waals surface area (Å²) >= 11 is 3.46. The van der Waals surface area contributed by atoms with Crippen molar-refractivity contribution >= 4 is 33.7 Å². The third kappa shape index (κ3) is 5.69. The molecule has 4 rings (SSSR count). The largest absolute Gasteiger partial charge is 0.351 e. The van der Waals surface area contributed by atoms with E-state index in [-0.39, 0.29) is 35.7 Å². The molecule has 3 atom stereocenters. The number of piperidine rings is 1. The molecule has 1 aliphatic heterocycles. The highest BCUT2D eigenvalue weighted by Crippen LogP contribution is 2.24. The van der Waals surface area contributed by atoms with Crippen LogP contribution in [0.15, 0.2) is 53.0 Å². The molecule has 0 spiro atoms. The van der Waals surface area contributed by atoms with Gasteiger partial charge in [0.1, 0.15) is 0 Å². The van der Waals surface area contributed by atoms with E-state index in [1.807, 2.05) is 49.4 Å². The molecule has 1 saturated heterocycles. The first kappa shape index (κ1) is 24.5. The molecule has 34 heavy (non-hydrogen) atoms. The highest BCUT2D eigenvalue weighted by atomic mass is 79.9. The predicted octanol–water partition coefficient (Wildman–Crippen LogP) is 4.47. The second kappa shape index (κ2) is 11.2. The number of hydrogen-bond donors (Lipinski definition) is 2. The summed E-state index contributed by atoms with van der Waals surface area (Å²) < 4.78 is 0.765. The molecule has 0 unspecified atom stereocenters. The van der Waals surface area contributed by atoms with Gasteiger partial charge in [0.25, 0.3) is 11.8 Å². The van der Waals surface area contributed by atoms with Gasteiger partial charge in [-0.3, -0.25) is 14.4 Å². The standard InChI is InChI=1S/C27H32BrN3O3/c1-18-9-2-3-11-20(18)26(33)30-24-15-7-6-14-23(24)29-25(32)19-10-8-16-31(17-19)27(34)21-12-4-5-13-22(21)28/h2-5,9,11-13,19,23-24H,6-8,10,14-17H2,1H3,(H,29,32)(H,30,33)/t19-,23-,24-/m1/s1. The van der Waals surface area contributed by atoms with Gasteiger partial charge in [-0.15, -0.1) is 0 Å². The van der Waals surface area contributed by atoms with Crippen molar-refractivity contribution < 1.29 is 14.4 Å². The van der Waals surface area contributed by atoms with E-state index in [9.17, 15) is 14.4 Å². The van der Waals surface area contributed by atoms with Crippen LogP contribution in [0.25, 0.3) is 0 Å². The van der Waals surface area contributed by atoms with Crippen LogP contribution in [0.1, 0.15) is 64.8 Å². The molecule has 180 valence electrons. The fourth-order valence-corrected chi connectivity index (χ4v) is 5.49. The van der Waals surface area contributed by atoms with Crippen molar-refractivity contribution in [1.82, 2.24) is 15.5 Å². The van der Waals surface area contributed by atoms with Crippen LogP contribution in [0.2, 0.25) is 0 Å². The van der Waals surface area contributed by atoms with Gasteiger partial charge < -0.3 is 15.5 Å². The second-order valence-corrected chi connectivity index (χ2v) is 10.2. The molecular formula is C27H32BrN3O3. The number of likely N-dealkylation sites (tertiary alicyclic amines) is 1. The molecule has 0 radical (unpaired) electrons. The third-order valence-electron chi connectivity index (χ3n) is 6.98. The number of benzene rings is 2. The SMILES string of the molecule is Cc1ccccc1C(=O)N[C@@H]1CCCC[C@H]1NC(=O)[C@@H]1CCCN(C(=O)c2ccccc2Br)C1. The van der Waals surface area contributed by atoms with Gasteiger partial charge in [0.05, 0.1) is 11.5 Å². The van der Waals surface area contributed by atoms with E-state index >= 15 is 0 Å². The summed E-state index contributed by atoms with van der Waals surface area (Å²) in [6, 6.07) is 14.8. The van der Waals surface area contributed by atoms with Crippen molar-refractivity contribution in [3.05, 3.63) is 69.7 Å². The number of nitrogens with one attached hydrogen (secondary N) is 2. The van der Waals surface area contributed by atoms with Crippen LogP contribution in [0, 0.1) is 12.8 Å². The van der Waals surface area contributed by atoms with Gasteiger partial charge in [0.15, 0.2) is 0 Å². The molecule has 1 saturated carbocycles. The minimum absolute atomic E-state index is 0.0216. The summed E-state index contributed by atoms with van der Waals surface area (Å²) in [5.41, 5.74) is 2.23. The average Bonchev–Trinajstić information content (AvgIpc) is 2.85. The molecule has 1 aliphatic carbocycles. The Balaban J connectivity index is 1.38. The number of carbonyl (C=O) groups excluding carboxylic acids is 3. The van der Waals surface area contributed by atoms with Crippen molar-refractivity contribution in [2.75, 3.05) is 13.1 Å². The van der Waals surface area contributed by atoms with Crippen molar-refractivity contribution in [1.29, 1.82) is 0 Å². The summed E-state index contributed by atoms with van der Waals surface area (Å²) in [7, 11) is 0. The number of halogens is 1. The Labute approximate surface area is 209 Å². The average molecular weight is 526 g/mol. The molecular weight excluding hydrogens is 494 g/mol. The molecule has 2 fully saturated rings. The lowest BCUT2D eigenvalue weighted by molar-refractivity contribution is -0.127. The summed E-state index contributed by atoms with van der Waals surface area (Å²) in [6.07, 6.45) is 5.31. The highest BCUT2D eigenvalue weighted by molar-refractivity contribution is 9.10. The maximum atomic E-state index is 13.2. The smallest absolute Gasteiger partial charge is 0.255 e. The van der Waals surface area contributed by atoms with Gasteiger partial charge in [-0.25, -0.2) is 0 Å². The fraction of sp³-hybridized carbons (Fsp3) is 0.444. The number of amides is 3. The van der Waals surface area contributed by atoms with Crippen LogP contribution in [-0.4, -0.2) is 47.8 Å². The lowest BCUT2D eigenvalue weighted by Gasteiger charge is -2.36. The molecule has 2 N–H and O–H groups in total. The Morgan fingerprint density at radius 3 is 2.21 bits per heavy atom. The molecule has 2 aromatic rings. The van der Waals surface area contributed by atoms with Gasteiger partial charge >= 0.3 is 0 Å². The Morgan fingerprint density at radius 2 is 1.50 bits per heavy atom. The van der Waals surface area contributed by atoms with Crippen LogP contribution in [0.4, 0.5) is 0 Å². The third-order valence-corrected chi connectivity index (χ3v) is 7.67. The first-order valence-electron chi connectivity index (χ1n) is 12.1. The van der Waals surface area contributed by atoms with Gasteiger partial charge in [0.2, 0.25) is 5.91 Å². The minimum atomic E-state index is -0.241. The van der Waals surface area contributed by atoms with Gasteiger partial charge in [0, 0.05) is 35.2 Å². The Morgan fingerprint density at radius 1 is 0.853 bits per heavy atom. The normalized spacial score (nSPS) is 22.6. The van der Waals surface area contributed by atoms with Gasteiger partial charge in [-0.1, -0.05) is 43.2 Å². The summed E-state index contributed by atoms with van der Waals surface area (Å²) in [5, 5.41) is 6.39. The molecule has 1 heterocycles. The Bertz CT molecular complexity index is 1060. The van der Waals surface area contributed by atoms with Gasteiger partial charge in [-0.05, 0) is 72.3 Å². The molecule has 3 amide bonds. The zero-order valence-corrected chi connectivity index (χ0v) is 21.1. The number of carbonyl (C=O) groups is 3. The first-order chi connectivity index (χ1) is 16.4. The molecule has 0 aromatic heterocycles. The van der Waals surface area contributed by atoms with Crippen molar-refractivity contribution in [3.63, 3.8) is 0 Å². The lowest BCUT2D eigenvalue weighted by atomic mass is 9.88. The molecule has 2 aromatic carbocycles. The Kier molecular flexibility index (Phi) is 8.03. The van der Waals surface area contributed by atoms with Crippen molar-refractivity contribution in [3.8, 4) is 0 Å². The minimum Gasteiger partial charge on any atom is -0.351 e. The van der Waals surface area contributed by atoms with Crippen molar-refractivity contribution in [2.24, 2.45) is 5.92 Å². The van der Waals surface area contributed by atoms with Crippen LogP contribution >= 0.6 is 15.9 Å². The van der Waals surface area contributed by atoms with Crippen LogP contribution < -0.4 is 10.6 Å². The number of aryl methyl sites for hydroxylation is 1. The van der Waals surface area contributed by atoms with E-state index in [4.69, 9.17) is 0 Å². The lowest BCUT2D eigenvalue weighted by Crippen LogP contribution is -2.55. The van der Waals surface area contributed by atoms with Crippen molar-refractivity contribution in [2.45, 2.75) is 57.5 Å². The summed E-state index contributed by atoms with van der Waals surface area (Å²) in [5.74, 6) is -0.403. The molecule has 2 aliphatic rings. The molecule has 7 heteroatoms. The molecule has 6 nitrogen and oxygen atoms in total. The number of rotatable bonds is 5. The summed E-state index contributed by atoms with van der Waals surface area (Å²) in [4.78, 5) is 40.9. The maximum absolute atomic E-state index is 13.2. The highest BCUT2D eigenvalue weighted by Gasteiger charge is 2.33. The zero-order valence-electron chi connectivity index (χ0n) is 19.6. The number of nitrogens with zero attached hydrogens (tertiary/aromatic N) is 1. The van der Waals surface area contributed by atoms with E-state index in [2.05, 4.69) is 26.6 Å². The predicted molar refractivity (Wildman–Crippen MR) is 136 cm³/mol. The van der Waals surface area contributed by atoms with E-state index < -0.39 is 0 Å². The van der Waals surface area contributed by atoms with Crippen LogP contribution in [-0.2, 0) is 4.79 Å². The van der Waals surface area contributed by atoms with E-state index in [1.54, 1.807) is 11.0 Å². The zero-order chi connectivity index (χ0) is 24.1. The first-order valence-corrected chi connectivity index (χ1v) is 12.9. The van der Waals surface area contributed by atoms with E-state index in [0.29, 0.717) is 24.2 Å². The second-order valence-electron chi connectivity index (χ2n) is 9.36. The topological polar surface area (TPSA) is 78.5 Å². The molecule has 0 bridgehead atoms. The van der Waals surface area contributed by atoms with E-state index in [1.165, 1.54) is 0 Å². The van der Waals surface area contributed by atoms with Gasteiger partial charge in [-0.2, -0.15) is 0 Å². The quantitative estimate of drug-likeness (QED) is 0.604. The Hall–Kier alpha value is -2.67. The van der Waals surface area contributed by atoms with Crippen LogP contribution in [0.5, 0.6) is 0 Å². The summed E-state index contributed by atoms with van der Waals surface area (Å²) in [6.45, 7) is 3.00. The van der Waals surface area contributed by atoms with Crippen LogP contribution in [0.3, 0.4) is 0 Å². The number of hydrogen-bond acceptors (Lipinski definition) is 3. The monoisotopic (exact) mass is 525 g/mol. The van der Waals surface area contributed by atoms with E-state index in [0.717, 1.165) is 48.6 Å². The fourth-order valence-electron chi connectivity index (χ4n) is 5.03.